The fourth-order valence-electron chi connectivity index (χ4n) is 8.07. The molecule has 0 heterocycles. The number of esters is 1. The average molecular weight is 884 g/mol. The highest BCUT2D eigenvalue weighted by molar-refractivity contribution is 5.76. The summed E-state index contributed by atoms with van der Waals surface area (Å²) in [6.45, 7) is 4.83. The lowest BCUT2D eigenvalue weighted by atomic mass is 10.0. The Morgan fingerprint density at radius 2 is 0.794 bits per heavy atom. The molecule has 368 valence electrons. The van der Waals surface area contributed by atoms with Gasteiger partial charge in [0.15, 0.2) is 0 Å². The van der Waals surface area contributed by atoms with E-state index in [9.17, 15) is 19.8 Å². The largest absolute Gasteiger partial charge is 0.466 e. The lowest BCUT2D eigenvalue weighted by Gasteiger charge is -2.20. The molecule has 0 saturated carbocycles. The van der Waals surface area contributed by atoms with Crippen molar-refractivity contribution in [3.05, 3.63) is 48.6 Å². The zero-order valence-electron chi connectivity index (χ0n) is 41.8. The summed E-state index contributed by atoms with van der Waals surface area (Å²) in [6.07, 6.45) is 65.6. The minimum atomic E-state index is -0.847. The van der Waals surface area contributed by atoms with E-state index in [1.165, 1.54) is 193 Å². The van der Waals surface area contributed by atoms with Gasteiger partial charge in [0.05, 0.1) is 25.4 Å². The van der Waals surface area contributed by atoms with Gasteiger partial charge in [-0.25, -0.2) is 0 Å². The highest BCUT2D eigenvalue weighted by atomic mass is 16.5. The molecule has 0 saturated heterocycles. The Morgan fingerprint density at radius 1 is 0.444 bits per heavy atom. The number of ether oxygens (including phenoxy) is 1. The fourth-order valence-corrected chi connectivity index (χ4v) is 8.07. The third-order valence-corrected chi connectivity index (χ3v) is 12.3. The van der Waals surface area contributed by atoms with Crippen LogP contribution in [0.5, 0.6) is 0 Å². The average Bonchev–Trinajstić information content (AvgIpc) is 3.28. The maximum atomic E-state index is 12.4. The van der Waals surface area contributed by atoms with Crippen LogP contribution in [-0.4, -0.2) is 47.4 Å². The predicted molar refractivity (Wildman–Crippen MR) is 273 cm³/mol. The molecule has 0 aliphatic heterocycles. The first-order chi connectivity index (χ1) is 31.0. The second-order valence-corrected chi connectivity index (χ2v) is 18.5. The van der Waals surface area contributed by atoms with Gasteiger partial charge in [0.1, 0.15) is 0 Å². The van der Waals surface area contributed by atoms with Gasteiger partial charge in [-0.1, -0.05) is 223 Å². The van der Waals surface area contributed by atoms with Crippen LogP contribution in [0.15, 0.2) is 48.6 Å². The Bertz CT molecular complexity index is 1070. The predicted octanol–water partition coefficient (Wildman–Crippen LogP) is 16.6. The van der Waals surface area contributed by atoms with E-state index in [2.05, 4.69) is 55.6 Å². The molecule has 0 radical (unpaired) electrons. The molecular weight excluding hydrogens is 779 g/mol. The molecule has 0 rings (SSSR count). The van der Waals surface area contributed by atoms with E-state index in [0.29, 0.717) is 19.4 Å². The monoisotopic (exact) mass is 884 g/mol. The molecule has 0 aromatic carbocycles. The van der Waals surface area contributed by atoms with Crippen molar-refractivity contribution in [2.24, 2.45) is 0 Å². The van der Waals surface area contributed by atoms with Gasteiger partial charge in [-0.05, 0) is 89.9 Å². The molecule has 0 spiro atoms. The second-order valence-electron chi connectivity index (χ2n) is 18.5. The van der Waals surface area contributed by atoms with Crippen LogP contribution in [0.2, 0.25) is 0 Å². The van der Waals surface area contributed by atoms with Crippen LogP contribution in [0.3, 0.4) is 0 Å². The second kappa shape index (κ2) is 52.4. The lowest BCUT2D eigenvalue weighted by molar-refractivity contribution is -0.143. The van der Waals surface area contributed by atoms with Gasteiger partial charge in [0, 0.05) is 12.8 Å². The van der Waals surface area contributed by atoms with Gasteiger partial charge in [0.2, 0.25) is 5.91 Å². The topological polar surface area (TPSA) is 95.9 Å². The smallest absolute Gasteiger partial charge is 0.305 e. The standard InChI is InChI=1S/C57H105NO5/c1-3-5-7-9-11-13-14-15-24-28-31-35-39-43-47-51-57(62)63-52-48-44-40-36-32-29-26-23-21-19-17-16-18-20-22-25-27-30-34-38-42-46-50-56(61)58-54(53-59)55(60)49-45-41-37-33-12-10-8-6-4-2/h11,13,15,18,20,24,45,49,54-55,59-60H,3-10,12,14,16-17,19,21-23,25-44,46-48,50-53H2,1-2H3,(H,58,61)/b13-11-,20-18-,24-15-,49-45+. The van der Waals surface area contributed by atoms with Crippen LogP contribution >= 0.6 is 0 Å². The fraction of sp³-hybridized carbons (Fsp3) is 0.825. The maximum Gasteiger partial charge on any atom is 0.305 e. The van der Waals surface area contributed by atoms with Gasteiger partial charge in [0.25, 0.3) is 0 Å². The molecule has 0 bridgehead atoms. The number of allylic oxidation sites excluding steroid dienone is 7. The number of rotatable bonds is 50. The first kappa shape index (κ1) is 60.8. The summed E-state index contributed by atoms with van der Waals surface area (Å²) in [4.78, 5) is 24.4. The van der Waals surface area contributed by atoms with Crippen LogP contribution in [0, 0.1) is 0 Å². The zero-order chi connectivity index (χ0) is 45.8. The number of aliphatic hydroxyl groups excluding tert-OH is 2. The van der Waals surface area contributed by atoms with Gasteiger partial charge < -0.3 is 20.3 Å². The van der Waals surface area contributed by atoms with Crippen molar-refractivity contribution >= 4 is 11.9 Å². The summed E-state index contributed by atoms with van der Waals surface area (Å²) in [5.41, 5.74) is 0. The molecular formula is C57H105NO5. The number of nitrogens with one attached hydrogen (secondary N) is 1. The number of hydrogen-bond acceptors (Lipinski definition) is 5. The molecule has 0 fully saturated rings. The Balaban J connectivity index is 3.42. The number of amides is 1. The van der Waals surface area contributed by atoms with E-state index in [1.54, 1.807) is 6.08 Å². The van der Waals surface area contributed by atoms with Gasteiger partial charge in [-0.15, -0.1) is 0 Å². The molecule has 1 amide bonds. The minimum Gasteiger partial charge on any atom is -0.466 e. The summed E-state index contributed by atoms with van der Waals surface area (Å²) >= 11 is 0. The van der Waals surface area contributed by atoms with Crippen LogP contribution in [0.25, 0.3) is 0 Å². The molecule has 0 aliphatic carbocycles. The third-order valence-electron chi connectivity index (χ3n) is 12.3. The van der Waals surface area contributed by atoms with Crippen molar-refractivity contribution in [3.63, 3.8) is 0 Å². The summed E-state index contributed by atoms with van der Waals surface area (Å²) in [7, 11) is 0. The van der Waals surface area contributed by atoms with Crippen molar-refractivity contribution in [1.82, 2.24) is 5.32 Å². The van der Waals surface area contributed by atoms with Crippen molar-refractivity contribution in [2.75, 3.05) is 13.2 Å². The third kappa shape index (κ3) is 49.1. The highest BCUT2D eigenvalue weighted by Crippen LogP contribution is 2.15. The van der Waals surface area contributed by atoms with Crippen LogP contribution in [0.4, 0.5) is 0 Å². The number of hydrogen-bond donors (Lipinski definition) is 3. The van der Waals surface area contributed by atoms with Crippen molar-refractivity contribution < 1.29 is 24.5 Å². The Hall–Kier alpha value is -2.18. The summed E-state index contributed by atoms with van der Waals surface area (Å²) in [5.74, 6) is -0.0845. The summed E-state index contributed by atoms with van der Waals surface area (Å²) in [6, 6.07) is -0.631. The van der Waals surface area contributed by atoms with Crippen molar-refractivity contribution in [1.29, 1.82) is 0 Å². The molecule has 0 aromatic heterocycles. The normalized spacial score (nSPS) is 13.0. The van der Waals surface area contributed by atoms with Crippen molar-refractivity contribution in [3.8, 4) is 0 Å². The zero-order valence-corrected chi connectivity index (χ0v) is 41.8. The van der Waals surface area contributed by atoms with E-state index in [-0.39, 0.29) is 18.5 Å². The molecule has 0 aromatic rings. The van der Waals surface area contributed by atoms with Gasteiger partial charge >= 0.3 is 5.97 Å². The first-order valence-electron chi connectivity index (χ1n) is 27.4. The van der Waals surface area contributed by atoms with E-state index in [1.807, 2.05) is 6.08 Å². The maximum absolute atomic E-state index is 12.4. The molecule has 63 heavy (non-hydrogen) atoms. The molecule has 6 nitrogen and oxygen atoms in total. The SMILES string of the molecule is CCCCC/C=C\C/C=C\CCCCCCCC(=O)OCCCCCCCCCCCCC/C=C\CCCCCCCCCC(=O)NC(CO)C(O)/C=C/CCCCCCCCC. The molecule has 0 aliphatic rings. The van der Waals surface area contributed by atoms with Crippen LogP contribution < -0.4 is 5.32 Å². The van der Waals surface area contributed by atoms with Crippen LogP contribution in [-0.2, 0) is 14.3 Å². The molecule has 2 unspecified atom stereocenters. The highest BCUT2D eigenvalue weighted by Gasteiger charge is 2.18. The number of carbonyl (C=O) groups excluding carboxylic acids is 2. The first-order valence-corrected chi connectivity index (χ1v) is 27.4. The number of carbonyl (C=O) groups is 2. The summed E-state index contributed by atoms with van der Waals surface area (Å²) < 4.78 is 5.47. The minimum absolute atomic E-state index is 0.00560. The molecule has 6 heteroatoms. The summed E-state index contributed by atoms with van der Waals surface area (Å²) in [5, 5.41) is 22.9. The van der Waals surface area contributed by atoms with Crippen molar-refractivity contribution in [2.45, 2.75) is 289 Å². The Kier molecular flexibility index (Phi) is 50.6. The molecule has 3 N–H and O–H groups in total. The lowest BCUT2D eigenvalue weighted by Crippen LogP contribution is -2.45. The molecule has 2 atom stereocenters. The van der Waals surface area contributed by atoms with E-state index in [0.717, 1.165) is 57.8 Å². The van der Waals surface area contributed by atoms with Crippen LogP contribution in [0.1, 0.15) is 277 Å². The van der Waals surface area contributed by atoms with E-state index >= 15 is 0 Å². The van der Waals surface area contributed by atoms with Gasteiger partial charge in [-0.3, -0.25) is 9.59 Å². The Morgan fingerprint density at radius 3 is 1.25 bits per heavy atom. The number of aliphatic hydroxyl groups is 2. The van der Waals surface area contributed by atoms with E-state index in [4.69, 9.17) is 4.74 Å². The Labute approximate surface area is 391 Å². The van der Waals surface area contributed by atoms with E-state index < -0.39 is 12.1 Å². The number of unbranched alkanes of at least 4 members (excludes halogenated alkanes) is 33. The quantitative estimate of drug-likeness (QED) is 0.0321. The van der Waals surface area contributed by atoms with Gasteiger partial charge in [-0.2, -0.15) is 0 Å².